The Balaban J connectivity index is 1.81. The number of aromatic nitrogens is 3. The van der Waals surface area contributed by atoms with E-state index in [0.717, 1.165) is 24.5 Å². The number of hydrogen-bond donors (Lipinski definition) is 1. The minimum absolute atomic E-state index is 0.0356. The molecule has 1 aromatic carbocycles. The number of ether oxygens (including phenoxy) is 3. The van der Waals surface area contributed by atoms with Crippen molar-refractivity contribution < 1.29 is 22.6 Å². The summed E-state index contributed by atoms with van der Waals surface area (Å²) in [6, 6.07) is 3.44. The van der Waals surface area contributed by atoms with Crippen molar-refractivity contribution in [3.05, 3.63) is 29.3 Å². The molecular weight excluding hydrogens is 434 g/mol. The summed E-state index contributed by atoms with van der Waals surface area (Å²) in [4.78, 5) is 2.32. The lowest BCUT2D eigenvalue weighted by Crippen LogP contribution is -2.33. The van der Waals surface area contributed by atoms with E-state index in [1.807, 2.05) is 26.0 Å². The predicted octanol–water partition coefficient (Wildman–Crippen LogP) is 1.61. The zero-order valence-corrected chi connectivity index (χ0v) is 20.4. The normalized spacial score (nSPS) is 15.8. The summed E-state index contributed by atoms with van der Waals surface area (Å²) in [5, 5.41) is 8.71. The van der Waals surface area contributed by atoms with Crippen molar-refractivity contribution in [2.75, 3.05) is 40.7 Å². The number of fused-ring (bicyclic) bond motifs is 1. The molecule has 2 heterocycles. The molecule has 0 saturated heterocycles. The lowest BCUT2D eigenvalue weighted by Gasteiger charge is -2.23. The molecule has 3 rings (SSSR count). The van der Waals surface area contributed by atoms with Crippen molar-refractivity contribution in [1.29, 1.82) is 0 Å². The SMILES string of the molecule is COc1ccc(CN2CCc3nnc([C@H](NS(C)(=O)=O)C(C)C)n3CC2)c(OC)c1OC. The van der Waals surface area contributed by atoms with Gasteiger partial charge in [0.2, 0.25) is 15.8 Å². The Labute approximate surface area is 189 Å². The third-order valence-corrected chi connectivity index (χ3v) is 6.30. The van der Waals surface area contributed by atoms with Gasteiger partial charge in [0.15, 0.2) is 17.3 Å². The van der Waals surface area contributed by atoms with Gasteiger partial charge in [-0.2, -0.15) is 0 Å². The quantitative estimate of drug-likeness (QED) is 0.593. The van der Waals surface area contributed by atoms with Gasteiger partial charge >= 0.3 is 0 Å². The smallest absolute Gasteiger partial charge is 0.209 e. The average molecular weight is 468 g/mol. The number of benzene rings is 1. The Kier molecular flexibility index (Phi) is 7.63. The topological polar surface area (TPSA) is 108 Å². The molecule has 0 amide bonds. The molecule has 0 bridgehead atoms. The second kappa shape index (κ2) is 10.1. The predicted molar refractivity (Wildman–Crippen MR) is 121 cm³/mol. The molecule has 10 nitrogen and oxygen atoms in total. The Bertz CT molecular complexity index is 1040. The summed E-state index contributed by atoms with van der Waals surface area (Å²) in [6.45, 7) is 6.84. The molecule has 2 aromatic rings. The molecule has 1 aromatic heterocycles. The number of sulfonamides is 1. The van der Waals surface area contributed by atoms with Crippen LogP contribution in [0.4, 0.5) is 0 Å². The van der Waals surface area contributed by atoms with Crippen molar-refractivity contribution in [2.45, 2.75) is 39.4 Å². The minimum Gasteiger partial charge on any atom is -0.493 e. The fourth-order valence-corrected chi connectivity index (χ4v) is 4.86. The summed E-state index contributed by atoms with van der Waals surface area (Å²) in [7, 11) is 1.44. The van der Waals surface area contributed by atoms with E-state index >= 15 is 0 Å². The first kappa shape index (κ1) is 24.3. The van der Waals surface area contributed by atoms with Crippen LogP contribution >= 0.6 is 0 Å². The van der Waals surface area contributed by atoms with Crippen LogP contribution in [-0.4, -0.2) is 68.8 Å². The lowest BCUT2D eigenvalue weighted by molar-refractivity contribution is 0.260. The monoisotopic (exact) mass is 467 g/mol. The van der Waals surface area contributed by atoms with Crippen LogP contribution in [0.3, 0.4) is 0 Å². The fourth-order valence-electron chi connectivity index (χ4n) is 4.02. The highest BCUT2D eigenvalue weighted by molar-refractivity contribution is 7.88. The molecular formula is C21H33N5O5S. The van der Waals surface area contributed by atoms with Crippen molar-refractivity contribution in [3.63, 3.8) is 0 Å². The lowest BCUT2D eigenvalue weighted by atomic mass is 10.1. The molecule has 0 saturated carbocycles. The summed E-state index contributed by atoms with van der Waals surface area (Å²) in [5.41, 5.74) is 1.00. The molecule has 1 N–H and O–H groups in total. The van der Waals surface area contributed by atoms with Crippen LogP contribution in [0.25, 0.3) is 0 Å². The number of hydrogen-bond acceptors (Lipinski definition) is 8. The maximum atomic E-state index is 11.9. The summed E-state index contributed by atoms with van der Waals surface area (Å²) in [5.74, 6) is 3.42. The summed E-state index contributed by atoms with van der Waals surface area (Å²) < 4.78 is 45.0. The van der Waals surface area contributed by atoms with Gasteiger partial charge < -0.3 is 18.8 Å². The van der Waals surface area contributed by atoms with Crippen LogP contribution < -0.4 is 18.9 Å². The Morgan fingerprint density at radius 1 is 1.03 bits per heavy atom. The van der Waals surface area contributed by atoms with Crippen molar-refractivity contribution >= 4 is 10.0 Å². The zero-order valence-electron chi connectivity index (χ0n) is 19.6. The maximum Gasteiger partial charge on any atom is 0.209 e. The van der Waals surface area contributed by atoms with Crippen LogP contribution in [0.5, 0.6) is 17.2 Å². The Morgan fingerprint density at radius 2 is 1.75 bits per heavy atom. The average Bonchev–Trinajstić information content (AvgIpc) is 3.04. The molecule has 1 atom stereocenters. The summed E-state index contributed by atoms with van der Waals surface area (Å²) >= 11 is 0. The minimum atomic E-state index is -3.38. The van der Waals surface area contributed by atoms with E-state index < -0.39 is 16.1 Å². The summed E-state index contributed by atoms with van der Waals surface area (Å²) in [6.07, 6.45) is 1.88. The second-order valence-electron chi connectivity index (χ2n) is 8.26. The van der Waals surface area contributed by atoms with Gasteiger partial charge in [0, 0.05) is 38.2 Å². The van der Waals surface area contributed by atoms with E-state index in [4.69, 9.17) is 14.2 Å². The molecule has 178 valence electrons. The molecule has 0 spiro atoms. The highest BCUT2D eigenvalue weighted by Crippen LogP contribution is 2.40. The van der Waals surface area contributed by atoms with Crippen molar-refractivity contribution in [2.24, 2.45) is 5.92 Å². The van der Waals surface area contributed by atoms with E-state index in [9.17, 15) is 8.42 Å². The van der Waals surface area contributed by atoms with Gasteiger partial charge in [-0.25, -0.2) is 13.1 Å². The van der Waals surface area contributed by atoms with Gasteiger partial charge in [0.05, 0.1) is 33.6 Å². The maximum absolute atomic E-state index is 11.9. The number of rotatable bonds is 9. The Hall–Kier alpha value is -2.37. The molecule has 1 aliphatic heterocycles. The van der Waals surface area contributed by atoms with Crippen LogP contribution in [0, 0.1) is 5.92 Å². The van der Waals surface area contributed by atoms with Crippen LogP contribution in [0.15, 0.2) is 12.1 Å². The van der Waals surface area contributed by atoms with Gasteiger partial charge in [-0.1, -0.05) is 19.9 Å². The van der Waals surface area contributed by atoms with E-state index in [1.165, 1.54) is 6.26 Å². The number of nitrogens with zero attached hydrogens (tertiary/aromatic N) is 4. The van der Waals surface area contributed by atoms with Gasteiger partial charge in [0.1, 0.15) is 5.82 Å². The van der Waals surface area contributed by atoms with E-state index in [-0.39, 0.29) is 5.92 Å². The number of nitrogens with one attached hydrogen (secondary N) is 1. The van der Waals surface area contributed by atoms with Crippen LogP contribution in [0.2, 0.25) is 0 Å². The molecule has 32 heavy (non-hydrogen) atoms. The molecule has 0 unspecified atom stereocenters. The molecule has 0 aliphatic carbocycles. The van der Waals surface area contributed by atoms with Gasteiger partial charge in [-0.05, 0) is 12.0 Å². The van der Waals surface area contributed by atoms with Gasteiger partial charge in [-0.15, -0.1) is 10.2 Å². The first-order chi connectivity index (χ1) is 15.2. The highest BCUT2D eigenvalue weighted by atomic mass is 32.2. The highest BCUT2D eigenvalue weighted by Gasteiger charge is 2.28. The van der Waals surface area contributed by atoms with Gasteiger partial charge in [0.25, 0.3) is 0 Å². The third-order valence-electron chi connectivity index (χ3n) is 5.61. The molecule has 0 fully saturated rings. The molecule has 0 radical (unpaired) electrons. The number of methoxy groups -OCH3 is 3. The van der Waals surface area contributed by atoms with Gasteiger partial charge in [-0.3, -0.25) is 4.90 Å². The van der Waals surface area contributed by atoms with E-state index in [0.29, 0.717) is 42.6 Å². The van der Waals surface area contributed by atoms with Crippen LogP contribution in [-0.2, 0) is 29.5 Å². The van der Waals surface area contributed by atoms with E-state index in [1.54, 1.807) is 21.3 Å². The molecule has 11 heteroatoms. The molecule has 1 aliphatic rings. The zero-order chi connectivity index (χ0) is 23.5. The first-order valence-electron chi connectivity index (χ1n) is 10.6. The fraction of sp³-hybridized carbons (Fsp3) is 0.619. The van der Waals surface area contributed by atoms with Crippen molar-refractivity contribution in [3.8, 4) is 17.2 Å². The first-order valence-corrected chi connectivity index (χ1v) is 12.5. The third kappa shape index (κ3) is 5.33. The van der Waals surface area contributed by atoms with Crippen LogP contribution in [0.1, 0.15) is 37.1 Å². The second-order valence-corrected chi connectivity index (χ2v) is 10.0. The standard InChI is InChI=1S/C21H33N5O5S/c1-14(2)18(24-32(6,27)28)21-23-22-17-9-10-25(11-12-26(17)21)13-15-7-8-16(29-3)20(31-5)19(15)30-4/h7-8,14,18,24H,9-13H2,1-6H3/t18-/m1/s1. The largest absolute Gasteiger partial charge is 0.493 e. The van der Waals surface area contributed by atoms with Crippen molar-refractivity contribution in [1.82, 2.24) is 24.4 Å². The Morgan fingerprint density at radius 3 is 2.34 bits per heavy atom. The van der Waals surface area contributed by atoms with E-state index in [2.05, 4.69) is 24.4 Å².